The Labute approximate surface area is 206 Å². The van der Waals surface area contributed by atoms with E-state index in [9.17, 15) is 10.4 Å². The van der Waals surface area contributed by atoms with E-state index in [0.717, 1.165) is 37.2 Å². The van der Waals surface area contributed by atoms with E-state index < -0.39 is 23.9 Å². The van der Waals surface area contributed by atoms with Crippen molar-refractivity contribution in [3.05, 3.63) is 71.6 Å². The molecule has 0 aromatic carbocycles. The largest absolute Gasteiger partial charge is 2.00 e. The fraction of sp³-hybridized carbons (Fsp3) is 0.222. The summed E-state index contributed by atoms with van der Waals surface area (Å²) in [5.74, 6) is -4.33. The summed E-state index contributed by atoms with van der Waals surface area (Å²) in [6.45, 7) is 3.89. The van der Waals surface area contributed by atoms with Crippen LogP contribution in [0.2, 0.25) is 0 Å². The number of carboxylic acid groups (broad SMARTS) is 4. The minimum Gasteiger partial charge on any atom is -0.619 e. The molecule has 12 nitrogen and oxygen atoms in total. The molecule has 0 atom stereocenters. The second-order valence-corrected chi connectivity index (χ2v) is 4.44. The molecule has 2 rings (SSSR count). The van der Waals surface area contributed by atoms with Crippen LogP contribution in [0.4, 0.5) is 0 Å². The van der Waals surface area contributed by atoms with Gasteiger partial charge in [-0.2, -0.15) is 9.46 Å². The molecule has 0 fully saturated rings. The number of carbonyl (C=O) groups excluding carboxylic acids is 4. The number of carboxylic acids is 4. The van der Waals surface area contributed by atoms with E-state index in [1.165, 1.54) is 24.8 Å². The van der Waals surface area contributed by atoms with Crippen molar-refractivity contribution in [2.24, 2.45) is 0 Å². The summed E-state index contributed by atoms with van der Waals surface area (Å²) in [6, 6.07) is 10.4. The molecule has 186 valence electrons. The summed E-state index contributed by atoms with van der Waals surface area (Å²) >= 11 is 0. The summed E-state index contributed by atoms with van der Waals surface area (Å²) in [5.41, 5.74) is 0. The molecule has 0 saturated carbocycles. The van der Waals surface area contributed by atoms with Crippen molar-refractivity contribution in [3.63, 3.8) is 0 Å². The van der Waals surface area contributed by atoms with Crippen LogP contribution in [0.1, 0.15) is 27.7 Å². The van der Waals surface area contributed by atoms with Crippen molar-refractivity contribution in [2.45, 2.75) is 27.7 Å². The van der Waals surface area contributed by atoms with E-state index in [0.29, 0.717) is 0 Å². The third-order valence-electron chi connectivity index (χ3n) is 1.38. The minimum atomic E-state index is -1.08. The van der Waals surface area contributed by atoms with Crippen molar-refractivity contribution in [1.82, 2.24) is 0 Å². The Morgan fingerprint density at radius 1 is 0.469 bits per heavy atom. The molecule has 2 heterocycles. The van der Waals surface area contributed by atoms with Crippen molar-refractivity contribution >= 4 is 23.9 Å². The number of nitrogens with zero attached hydrogens (tertiary/aromatic N) is 2. The fourth-order valence-electron chi connectivity index (χ4n) is 0.766. The van der Waals surface area contributed by atoms with E-state index in [-0.39, 0.29) is 34.1 Å². The van der Waals surface area contributed by atoms with Gasteiger partial charge >= 0.3 is 34.1 Å². The number of aliphatic carboxylic acids is 4. The maximum absolute atomic E-state index is 10.2. The van der Waals surface area contributed by atoms with Gasteiger partial charge in [0.05, 0.1) is 0 Å². The van der Waals surface area contributed by atoms with Crippen LogP contribution in [0.25, 0.3) is 0 Å². The van der Waals surface area contributed by atoms with Crippen LogP contribution in [0, 0.1) is 10.4 Å². The first-order valence-corrected chi connectivity index (χ1v) is 7.70. The van der Waals surface area contributed by atoms with Crippen LogP contribution in [0.5, 0.6) is 0 Å². The van der Waals surface area contributed by atoms with Gasteiger partial charge in [-0.3, -0.25) is 0 Å². The molecule has 0 N–H and O–H groups in total. The third-order valence-corrected chi connectivity index (χ3v) is 1.38. The van der Waals surface area contributed by atoms with Crippen molar-refractivity contribution in [1.29, 1.82) is 0 Å². The Bertz CT molecular complexity index is 604. The van der Waals surface area contributed by atoms with E-state index >= 15 is 0 Å². The molecule has 0 saturated heterocycles. The average Bonchev–Trinajstić information content (AvgIpc) is 2.55. The summed E-state index contributed by atoms with van der Waals surface area (Å²) in [4.78, 5) is 35.6. The summed E-state index contributed by atoms with van der Waals surface area (Å²) in [7, 11) is 0. The standard InChI is InChI=1S/2C5H5NO.4C2H4O2.2Cu/c2*7-6-4-2-1-3-5-6;4*1-2(3)4;;/h2*1-5H;4*1H3,(H,3,4);;/q;;;;;;2*+2/p-4. The second-order valence-electron chi connectivity index (χ2n) is 4.44. The SMILES string of the molecule is CC(=O)[O-].CC(=O)[O-].CC(=O)[O-].CC(=O)[O-].[Cu+2].[Cu+2].[O-][n+]1ccccc1.[O-][n+]1ccccc1. The number of rotatable bonds is 0. The van der Waals surface area contributed by atoms with Crippen LogP contribution in [-0.4, -0.2) is 23.9 Å². The van der Waals surface area contributed by atoms with E-state index in [1.54, 1.807) is 36.4 Å². The fourth-order valence-corrected chi connectivity index (χ4v) is 0.766. The maximum Gasteiger partial charge on any atom is 2.00 e. The number of carbonyl (C=O) groups is 4. The van der Waals surface area contributed by atoms with Gasteiger partial charge in [0, 0.05) is 48.1 Å². The third kappa shape index (κ3) is 109. The molecule has 0 aliphatic carbocycles. The second kappa shape index (κ2) is 32.5. The predicted octanol–water partition coefficient (Wildman–Crippen LogP) is -4.34. The molecule has 0 aliphatic heterocycles. The summed E-state index contributed by atoms with van der Waals surface area (Å²) in [6.07, 6.45) is 5.78. The molecule has 0 bridgehead atoms. The van der Waals surface area contributed by atoms with Crippen LogP contribution in [0.15, 0.2) is 61.2 Å². The van der Waals surface area contributed by atoms with Crippen molar-refractivity contribution in [3.8, 4) is 0 Å². The Hall–Kier alpha value is -3.18. The molecule has 0 spiro atoms. The Kier molecular flexibility index (Phi) is 43.5. The Morgan fingerprint density at radius 3 is 0.656 bits per heavy atom. The first-order valence-electron chi connectivity index (χ1n) is 7.70. The molecule has 2 aromatic heterocycles. The van der Waals surface area contributed by atoms with E-state index in [1.807, 2.05) is 0 Å². The zero-order chi connectivity index (χ0) is 24.5. The maximum atomic E-state index is 10.2. The van der Waals surface area contributed by atoms with Gasteiger partial charge in [-0.15, -0.1) is 0 Å². The first-order chi connectivity index (χ1) is 13.7. The van der Waals surface area contributed by atoms with Gasteiger partial charge in [0.25, 0.3) is 0 Å². The number of hydrogen-bond acceptors (Lipinski definition) is 10. The molecule has 0 unspecified atom stereocenters. The minimum absolute atomic E-state index is 0. The van der Waals surface area contributed by atoms with Crippen LogP contribution < -0.4 is 29.9 Å². The summed E-state index contributed by atoms with van der Waals surface area (Å²) in [5, 5.41) is 55.9. The van der Waals surface area contributed by atoms with Gasteiger partial charge in [0.1, 0.15) is 0 Å². The Morgan fingerprint density at radius 2 is 0.594 bits per heavy atom. The molecular weight excluding hydrogens is 531 g/mol. The predicted molar refractivity (Wildman–Crippen MR) is 93.5 cm³/mol. The van der Waals surface area contributed by atoms with Crippen molar-refractivity contribution in [2.75, 3.05) is 0 Å². The molecule has 14 heteroatoms. The topological polar surface area (TPSA) is 214 Å². The van der Waals surface area contributed by atoms with Gasteiger partial charge < -0.3 is 50.0 Å². The van der Waals surface area contributed by atoms with Gasteiger partial charge in [0.2, 0.25) is 0 Å². The first kappa shape index (κ1) is 42.8. The van der Waals surface area contributed by atoms with Crippen LogP contribution in [0.3, 0.4) is 0 Å². The van der Waals surface area contributed by atoms with Gasteiger partial charge in [-0.25, -0.2) is 0 Å². The molecule has 2 aromatic rings. The van der Waals surface area contributed by atoms with Gasteiger partial charge in [-0.1, -0.05) is 12.1 Å². The van der Waals surface area contributed by atoms with E-state index in [2.05, 4.69) is 0 Å². The number of pyridine rings is 2. The van der Waals surface area contributed by atoms with Crippen molar-refractivity contribution < 1.29 is 83.2 Å². The number of aromatic nitrogens is 2. The van der Waals surface area contributed by atoms with Crippen LogP contribution in [-0.2, 0) is 53.3 Å². The van der Waals surface area contributed by atoms with Gasteiger partial charge in [-0.05, 0) is 27.7 Å². The zero-order valence-corrected chi connectivity index (χ0v) is 19.2. The Balaban J connectivity index is -0.0000000643. The van der Waals surface area contributed by atoms with E-state index in [4.69, 9.17) is 39.6 Å². The molecule has 0 aliphatic rings. The number of hydrogen-bond donors (Lipinski definition) is 0. The zero-order valence-electron chi connectivity index (χ0n) is 17.4. The summed E-state index contributed by atoms with van der Waals surface area (Å²) < 4.78 is 1.50. The molecule has 32 heavy (non-hydrogen) atoms. The monoisotopic (exact) mass is 552 g/mol. The normalized spacial score (nSPS) is 6.88. The molecule has 2 radical (unpaired) electrons. The quantitative estimate of drug-likeness (QED) is 0.174. The molecule has 0 amide bonds. The average molecular weight is 553 g/mol. The van der Waals surface area contributed by atoms with Crippen LogP contribution >= 0.6 is 0 Å². The molecular formula is C18H22Cu2N2O10. The smallest absolute Gasteiger partial charge is 0.619 e. The van der Waals surface area contributed by atoms with Gasteiger partial charge in [0.15, 0.2) is 24.8 Å².